The third-order valence-electron chi connectivity index (χ3n) is 4.49. The van der Waals surface area contributed by atoms with Crippen LogP contribution >= 0.6 is 0 Å². The fraction of sp³-hybridized carbons (Fsp3) is 0.400. The Morgan fingerprint density at radius 2 is 1.60 bits per heavy atom. The molecule has 0 aliphatic rings. The zero-order valence-corrected chi connectivity index (χ0v) is 19.2. The Hall–Kier alpha value is -2.17. The number of rotatable bonds is 10. The van der Waals surface area contributed by atoms with E-state index in [0.717, 1.165) is 17.8 Å². The van der Waals surface area contributed by atoms with E-state index in [4.69, 9.17) is 0 Å². The molecule has 0 heterocycles. The van der Waals surface area contributed by atoms with Crippen molar-refractivity contribution in [3.8, 4) is 0 Å². The minimum atomic E-state index is -3.86. The highest BCUT2D eigenvalue weighted by atomic mass is 32.2. The third kappa shape index (κ3) is 5.93. The highest BCUT2D eigenvalue weighted by Crippen LogP contribution is 2.27. The molecule has 10 heteroatoms. The summed E-state index contributed by atoms with van der Waals surface area (Å²) in [6, 6.07) is 9.75. The summed E-state index contributed by atoms with van der Waals surface area (Å²) in [6.45, 7) is 3.71. The van der Waals surface area contributed by atoms with Gasteiger partial charge in [-0.1, -0.05) is 6.92 Å². The Kier molecular flexibility index (Phi) is 7.84. The third-order valence-corrected chi connectivity index (χ3v) is 7.65. The SMILES string of the molecule is CCCN(Cc1cc(NS(=O)(=O)CC)ccc1N(C)C)S(=O)(=O)c1ccc(F)cc1. The molecule has 0 amide bonds. The summed E-state index contributed by atoms with van der Waals surface area (Å²) in [7, 11) is -3.68. The van der Waals surface area contributed by atoms with Gasteiger partial charge in [-0.15, -0.1) is 0 Å². The van der Waals surface area contributed by atoms with Crippen LogP contribution in [0.1, 0.15) is 25.8 Å². The van der Waals surface area contributed by atoms with Crippen LogP contribution in [0.5, 0.6) is 0 Å². The van der Waals surface area contributed by atoms with Crippen LogP contribution in [0.4, 0.5) is 15.8 Å². The molecule has 30 heavy (non-hydrogen) atoms. The number of halogens is 1. The smallest absolute Gasteiger partial charge is 0.243 e. The maximum absolute atomic E-state index is 13.3. The molecule has 0 unspecified atom stereocenters. The minimum Gasteiger partial charge on any atom is -0.377 e. The predicted octanol–water partition coefficient (Wildman–Crippen LogP) is 3.25. The Labute approximate surface area is 178 Å². The first-order valence-electron chi connectivity index (χ1n) is 9.56. The van der Waals surface area contributed by atoms with Gasteiger partial charge < -0.3 is 4.90 Å². The van der Waals surface area contributed by atoms with Gasteiger partial charge in [0.05, 0.1) is 10.6 Å². The number of sulfonamides is 2. The summed E-state index contributed by atoms with van der Waals surface area (Å²) in [5, 5.41) is 0. The fourth-order valence-electron chi connectivity index (χ4n) is 2.94. The summed E-state index contributed by atoms with van der Waals surface area (Å²) < 4.78 is 67.3. The zero-order chi connectivity index (χ0) is 22.5. The first-order valence-corrected chi connectivity index (χ1v) is 12.7. The van der Waals surface area contributed by atoms with E-state index >= 15 is 0 Å². The standard InChI is InChI=1S/C20H28FN3O4S2/c1-5-13-24(30(27,28)19-10-7-17(21)8-11-19)15-16-14-18(22-29(25,26)6-2)9-12-20(16)23(3)4/h7-12,14,22H,5-6,13,15H2,1-4H3. The molecule has 0 saturated carbocycles. The minimum absolute atomic E-state index is 0.00611. The molecule has 166 valence electrons. The van der Waals surface area contributed by atoms with Crippen molar-refractivity contribution in [1.29, 1.82) is 0 Å². The molecule has 0 atom stereocenters. The normalized spacial score (nSPS) is 12.2. The lowest BCUT2D eigenvalue weighted by molar-refractivity contribution is 0.406. The first-order chi connectivity index (χ1) is 14.0. The van der Waals surface area contributed by atoms with Gasteiger partial charge in [-0.3, -0.25) is 4.72 Å². The number of anilines is 2. The maximum Gasteiger partial charge on any atom is 0.243 e. The number of nitrogens with one attached hydrogen (secondary N) is 1. The van der Waals surface area contributed by atoms with Crippen LogP contribution in [0.2, 0.25) is 0 Å². The maximum atomic E-state index is 13.3. The molecule has 2 rings (SSSR count). The van der Waals surface area contributed by atoms with Crippen LogP contribution in [-0.4, -0.2) is 47.5 Å². The van der Waals surface area contributed by atoms with Crippen molar-refractivity contribution in [2.24, 2.45) is 0 Å². The highest BCUT2D eigenvalue weighted by Gasteiger charge is 2.25. The van der Waals surface area contributed by atoms with E-state index in [1.807, 2.05) is 25.9 Å². The molecule has 0 aliphatic heterocycles. The number of nitrogens with zero attached hydrogens (tertiary/aromatic N) is 2. The lowest BCUT2D eigenvalue weighted by Gasteiger charge is -2.25. The largest absolute Gasteiger partial charge is 0.377 e. The van der Waals surface area contributed by atoms with Crippen LogP contribution in [0.25, 0.3) is 0 Å². The fourth-order valence-corrected chi connectivity index (χ4v) is 5.08. The van der Waals surface area contributed by atoms with Crippen LogP contribution in [0.3, 0.4) is 0 Å². The number of hydrogen-bond acceptors (Lipinski definition) is 5. The summed E-state index contributed by atoms with van der Waals surface area (Å²) in [5.74, 6) is -0.583. The monoisotopic (exact) mass is 457 g/mol. The topological polar surface area (TPSA) is 86.8 Å². The molecule has 0 saturated heterocycles. The van der Waals surface area contributed by atoms with Crippen molar-refractivity contribution in [3.63, 3.8) is 0 Å². The van der Waals surface area contributed by atoms with Crippen molar-refractivity contribution in [1.82, 2.24) is 4.31 Å². The molecule has 0 radical (unpaired) electrons. The molecule has 0 aliphatic carbocycles. The Bertz CT molecular complexity index is 1070. The summed E-state index contributed by atoms with van der Waals surface area (Å²) in [6.07, 6.45) is 0.583. The summed E-state index contributed by atoms with van der Waals surface area (Å²) in [4.78, 5) is 1.84. The van der Waals surface area contributed by atoms with Crippen molar-refractivity contribution >= 4 is 31.4 Å². The molecule has 2 aromatic carbocycles. The van der Waals surface area contributed by atoms with E-state index < -0.39 is 25.9 Å². The zero-order valence-electron chi connectivity index (χ0n) is 17.6. The molecule has 0 fully saturated rings. The van der Waals surface area contributed by atoms with E-state index in [0.29, 0.717) is 17.7 Å². The molecule has 7 nitrogen and oxygen atoms in total. The van der Waals surface area contributed by atoms with E-state index in [1.165, 1.54) is 23.4 Å². The van der Waals surface area contributed by atoms with Crippen LogP contribution in [0.15, 0.2) is 47.4 Å². The lowest BCUT2D eigenvalue weighted by Crippen LogP contribution is -2.32. The highest BCUT2D eigenvalue weighted by molar-refractivity contribution is 7.92. The molecule has 2 aromatic rings. The van der Waals surface area contributed by atoms with Gasteiger partial charge in [0.1, 0.15) is 5.82 Å². The lowest BCUT2D eigenvalue weighted by atomic mass is 10.1. The molecular weight excluding hydrogens is 429 g/mol. The van der Waals surface area contributed by atoms with Crippen molar-refractivity contribution < 1.29 is 21.2 Å². The van der Waals surface area contributed by atoms with Gasteiger partial charge in [0, 0.05) is 38.6 Å². The van der Waals surface area contributed by atoms with E-state index in [2.05, 4.69) is 4.72 Å². The van der Waals surface area contributed by atoms with Gasteiger partial charge in [0.25, 0.3) is 0 Å². The van der Waals surface area contributed by atoms with E-state index in [-0.39, 0.29) is 23.7 Å². The molecule has 0 aromatic heterocycles. The van der Waals surface area contributed by atoms with Gasteiger partial charge in [0.15, 0.2) is 0 Å². The van der Waals surface area contributed by atoms with Crippen molar-refractivity contribution in [2.45, 2.75) is 31.7 Å². The van der Waals surface area contributed by atoms with Gasteiger partial charge >= 0.3 is 0 Å². The Balaban J connectivity index is 2.47. The number of benzene rings is 2. The van der Waals surface area contributed by atoms with Gasteiger partial charge in [-0.25, -0.2) is 21.2 Å². The quantitative estimate of drug-likeness (QED) is 0.592. The van der Waals surface area contributed by atoms with Gasteiger partial charge in [0.2, 0.25) is 20.0 Å². The second-order valence-electron chi connectivity index (χ2n) is 7.04. The Morgan fingerprint density at radius 3 is 2.13 bits per heavy atom. The van der Waals surface area contributed by atoms with Gasteiger partial charge in [-0.2, -0.15) is 4.31 Å². The molecule has 0 spiro atoms. The van der Waals surface area contributed by atoms with E-state index in [1.54, 1.807) is 18.2 Å². The average Bonchev–Trinajstić information content (AvgIpc) is 2.67. The second-order valence-corrected chi connectivity index (χ2v) is 11.0. The molecule has 0 bridgehead atoms. The van der Waals surface area contributed by atoms with Gasteiger partial charge in [-0.05, 0) is 61.4 Å². The van der Waals surface area contributed by atoms with Crippen LogP contribution < -0.4 is 9.62 Å². The average molecular weight is 458 g/mol. The van der Waals surface area contributed by atoms with Crippen molar-refractivity contribution in [3.05, 3.63) is 53.8 Å². The Morgan fingerprint density at radius 1 is 0.967 bits per heavy atom. The predicted molar refractivity (Wildman–Crippen MR) is 118 cm³/mol. The summed E-state index contributed by atoms with van der Waals surface area (Å²) in [5.41, 5.74) is 1.79. The van der Waals surface area contributed by atoms with Crippen LogP contribution in [0, 0.1) is 5.82 Å². The van der Waals surface area contributed by atoms with E-state index in [9.17, 15) is 21.2 Å². The van der Waals surface area contributed by atoms with Crippen LogP contribution in [-0.2, 0) is 26.6 Å². The first kappa shape index (κ1) is 24.1. The van der Waals surface area contributed by atoms with Crippen molar-refractivity contribution in [2.75, 3.05) is 36.0 Å². The number of hydrogen-bond donors (Lipinski definition) is 1. The summed E-state index contributed by atoms with van der Waals surface area (Å²) >= 11 is 0. The molecular formula is C20H28FN3O4S2. The second kappa shape index (κ2) is 9.76. The molecule has 1 N–H and O–H groups in total.